The first kappa shape index (κ1) is 11.9. The first-order valence-electron chi connectivity index (χ1n) is 5.95. The summed E-state index contributed by atoms with van der Waals surface area (Å²) in [5.41, 5.74) is 8.14. The van der Waals surface area contributed by atoms with Crippen LogP contribution >= 0.6 is 0 Å². The SMILES string of the molecule is NCCc1ccc(C(=O)C2=COCCC2)cc1. The van der Waals surface area contributed by atoms with Gasteiger partial charge < -0.3 is 10.5 Å². The van der Waals surface area contributed by atoms with Gasteiger partial charge >= 0.3 is 0 Å². The first-order valence-corrected chi connectivity index (χ1v) is 5.95. The van der Waals surface area contributed by atoms with Crippen molar-refractivity contribution in [1.82, 2.24) is 0 Å². The van der Waals surface area contributed by atoms with Crippen molar-refractivity contribution in [2.75, 3.05) is 13.2 Å². The van der Waals surface area contributed by atoms with Crippen LogP contribution in [0.1, 0.15) is 28.8 Å². The zero-order valence-electron chi connectivity index (χ0n) is 9.82. The van der Waals surface area contributed by atoms with Crippen molar-refractivity contribution in [3.63, 3.8) is 0 Å². The molecule has 2 N–H and O–H groups in total. The smallest absolute Gasteiger partial charge is 0.192 e. The maximum Gasteiger partial charge on any atom is 0.192 e. The lowest BCUT2D eigenvalue weighted by Crippen LogP contribution is -2.09. The van der Waals surface area contributed by atoms with Crippen molar-refractivity contribution in [3.8, 4) is 0 Å². The molecule has 0 aromatic heterocycles. The van der Waals surface area contributed by atoms with E-state index < -0.39 is 0 Å². The molecule has 1 aliphatic heterocycles. The number of carbonyl (C=O) groups is 1. The minimum atomic E-state index is 0.0731. The molecule has 0 spiro atoms. The summed E-state index contributed by atoms with van der Waals surface area (Å²) < 4.78 is 5.19. The fraction of sp³-hybridized carbons (Fsp3) is 0.357. The lowest BCUT2D eigenvalue weighted by molar-refractivity contribution is 0.101. The van der Waals surface area contributed by atoms with Crippen LogP contribution in [-0.2, 0) is 11.2 Å². The molecule has 3 heteroatoms. The summed E-state index contributed by atoms with van der Waals surface area (Å²) in [5, 5.41) is 0. The van der Waals surface area contributed by atoms with Gasteiger partial charge in [0.2, 0.25) is 0 Å². The maximum absolute atomic E-state index is 12.1. The Labute approximate surface area is 101 Å². The molecule has 0 bridgehead atoms. The van der Waals surface area contributed by atoms with Gasteiger partial charge in [0.15, 0.2) is 5.78 Å². The predicted molar refractivity (Wildman–Crippen MR) is 66.8 cm³/mol. The Hall–Kier alpha value is -1.61. The number of benzene rings is 1. The van der Waals surface area contributed by atoms with Crippen LogP contribution in [0.4, 0.5) is 0 Å². The Kier molecular flexibility index (Phi) is 3.94. The second-order valence-corrected chi connectivity index (χ2v) is 4.18. The maximum atomic E-state index is 12.1. The highest BCUT2D eigenvalue weighted by molar-refractivity contribution is 6.08. The fourth-order valence-electron chi connectivity index (χ4n) is 1.91. The number of ether oxygens (including phenoxy) is 1. The molecule has 90 valence electrons. The molecule has 3 nitrogen and oxygen atoms in total. The summed E-state index contributed by atoms with van der Waals surface area (Å²) >= 11 is 0. The van der Waals surface area contributed by atoms with Crippen molar-refractivity contribution in [2.24, 2.45) is 5.73 Å². The highest BCUT2D eigenvalue weighted by Gasteiger charge is 2.14. The van der Waals surface area contributed by atoms with Gasteiger partial charge in [0, 0.05) is 11.1 Å². The summed E-state index contributed by atoms with van der Waals surface area (Å²) in [5.74, 6) is 0.0731. The highest BCUT2D eigenvalue weighted by Crippen LogP contribution is 2.17. The molecular formula is C14H17NO2. The zero-order chi connectivity index (χ0) is 12.1. The molecule has 0 fully saturated rings. The third-order valence-electron chi connectivity index (χ3n) is 2.87. The number of allylic oxidation sites excluding steroid dienone is 1. The zero-order valence-corrected chi connectivity index (χ0v) is 9.82. The average Bonchev–Trinajstić information content (AvgIpc) is 2.40. The molecule has 0 radical (unpaired) electrons. The number of carbonyl (C=O) groups excluding carboxylic acids is 1. The van der Waals surface area contributed by atoms with Gasteiger partial charge in [0.1, 0.15) is 0 Å². The molecular weight excluding hydrogens is 214 g/mol. The van der Waals surface area contributed by atoms with Crippen molar-refractivity contribution in [2.45, 2.75) is 19.3 Å². The van der Waals surface area contributed by atoms with E-state index in [2.05, 4.69) is 0 Å². The Morgan fingerprint density at radius 1 is 1.29 bits per heavy atom. The van der Waals surface area contributed by atoms with Gasteiger partial charge in [0.05, 0.1) is 12.9 Å². The first-order chi connectivity index (χ1) is 8.31. The molecule has 1 aliphatic rings. The van der Waals surface area contributed by atoms with Crippen LogP contribution in [0.15, 0.2) is 36.1 Å². The number of Topliss-reactive ketones (excluding diaryl/α,β-unsaturated/α-hetero) is 1. The standard InChI is InChI=1S/C14H17NO2/c15-8-7-11-3-5-12(6-4-11)14(16)13-2-1-9-17-10-13/h3-6,10H,1-2,7-9,15H2. The Bertz CT molecular complexity index is 420. The van der Waals surface area contributed by atoms with Crippen LogP contribution in [0.5, 0.6) is 0 Å². The van der Waals surface area contributed by atoms with Crippen molar-refractivity contribution < 1.29 is 9.53 Å². The molecule has 1 aromatic rings. The fourth-order valence-corrected chi connectivity index (χ4v) is 1.91. The monoisotopic (exact) mass is 231 g/mol. The van der Waals surface area contributed by atoms with E-state index in [0.29, 0.717) is 13.2 Å². The van der Waals surface area contributed by atoms with Crippen LogP contribution in [0.2, 0.25) is 0 Å². The molecule has 2 rings (SSSR count). The second-order valence-electron chi connectivity index (χ2n) is 4.18. The molecule has 0 saturated carbocycles. The normalized spacial score (nSPS) is 15.0. The van der Waals surface area contributed by atoms with Crippen LogP contribution < -0.4 is 5.73 Å². The molecule has 0 aliphatic carbocycles. The van der Waals surface area contributed by atoms with Gasteiger partial charge in [-0.3, -0.25) is 4.79 Å². The number of nitrogens with two attached hydrogens (primary N) is 1. The third kappa shape index (κ3) is 2.94. The molecule has 0 atom stereocenters. The van der Waals surface area contributed by atoms with Gasteiger partial charge in [-0.05, 0) is 31.4 Å². The third-order valence-corrected chi connectivity index (χ3v) is 2.87. The number of ketones is 1. The summed E-state index contributed by atoms with van der Waals surface area (Å²) in [4.78, 5) is 12.1. The quantitative estimate of drug-likeness (QED) is 0.807. The second kappa shape index (κ2) is 5.64. The van der Waals surface area contributed by atoms with Crippen molar-refractivity contribution in [3.05, 3.63) is 47.2 Å². The Morgan fingerprint density at radius 2 is 2.06 bits per heavy atom. The summed E-state index contributed by atoms with van der Waals surface area (Å²) in [6.07, 6.45) is 4.17. The molecule has 0 saturated heterocycles. The average molecular weight is 231 g/mol. The molecule has 1 aromatic carbocycles. The van der Waals surface area contributed by atoms with Crippen molar-refractivity contribution >= 4 is 5.78 Å². The van der Waals surface area contributed by atoms with E-state index in [1.54, 1.807) is 6.26 Å². The highest BCUT2D eigenvalue weighted by atomic mass is 16.5. The van der Waals surface area contributed by atoms with E-state index >= 15 is 0 Å². The lowest BCUT2D eigenvalue weighted by atomic mass is 9.98. The van der Waals surface area contributed by atoms with Crippen molar-refractivity contribution in [1.29, 1.82) is 0 Å². The van der Waals surface area contributed by atoms with E-state index in [1.807, 2.05) is 24.3 Å². The summed E-state index contributed by atoms with van der Waals surface area (Å²) in [6, 6.07) is 7.65. The van der Waals surface area contributed by atoms with E-state index in [9.17, 15) is 4.79 Å². The van der Waals surface area contributed by atoms with E-state index in [-0.39, 0.29) is 5.78 Å². The largest absolute Gasteiger partial charge is 0.501 e. The number of hydrogen-bond donors (Lipinski definition) is 1. The van der Waals surface area contributed by atoms with Crippen LogP contribution in [-0.4, -0.2) is 18.9 Å². The van der Waals surface area contributed by atoms with Gasteiger partial charge in [0.25, 0.3) is 0 Å². The van der Waals surface area contributed by atoms with Gasteiger partial charge in [-0.25, -0.2) is 0 Å². The van der Waals surface area contributed by atoms with Crippen LogP contribution in [0.3, 0.4) is 0 Å². The summed E-state index contributed by atoms with van der Waals surface area (Å²) in [6.45, 7) is 1.35. The van der Waals surface area contributed by atoms with E-state index in [1.165, 1.54) is 0 Å². The minimum Gasteiger partial charge on any atom is -0.501 e. The minimum absolute atomic E-state index is 0.0731. The lowest BCUT2D eigenvalue weighted by Gasteiger charge is -2.12. The predicted octanol–water partition coefficient (Wildman–Crippen LogP) is 2.06. The number of hydrogen-bond acceptors (Lipinski definition) is 3. The molecule has 1 heterocycles. The topological polar surface area (TPSA) is 52.3 Å². The molecule has 0 amide bonds. The number of rotatable bonds is 4. The van der Waals surface area contributed by atoms with Gasteiger partial charge in [-0.2, -0.15) is 0 Å². The molecule has 0 unspecified atom stereocenters. The Morgan fingerprint density at radius 3 is 2.65 bits per heavy atom. The Balaban J connectivity index is 2.11. The van der Waals surface area contributed by atoms with E-state index in [4.69, 9.17) is 10.5 Å². The van der Waals surface area contributed by atoms with E-state index in [0.717, 1.165) is 36.0 Å². The summed E-state index contributed by atoms with van der Waals surface area (Å²) in [7, 11) is 0. The van der Waals surface area contributed by atoms with Gasteiger partial charge in [-0.1, -0.05) is 24.3 Å². The molecule has 17 heavy (non-hydrogen) atoms. The van der Waals surface area contributed by atoms with Crippen LogP contribution in [0, 0.1) is 0 Å². The van der Waals surface area contributed by atoms with Crippen LogP contribution in [0.25, 0.3) is 0 Å². The van der Waals surface area contributed by atoms with Gasteiger partial charge in [-0.15, -0.1) is 0 Å².